The van der Waals surface area contributed by atoms with Gasteiger partial charge in [0.2, 0.25) is 5.88 Å². The molecule has 0 saturated carbocycles. The molecule has 46 heavy (non-hydrogen) atoms. The number of rotatable bonds is 4. The molecule has 2 amide bonds. The Morgan fingerprint density at radius 2 is 1.85 bits per heavy atom. The minimum atomic E-state index is -1.16. The van der Waals surface area contributed by atoms with Gasteiger partial charge in [-0.15, -0.1) is 0 Å². The molecule has 0 aliphatic carbocycles. The van der Waals surface area contributed by atoms with E-state index in [0.29, 0.717) is 27.7 Å². The first-order chi connectivity index (χ1) is 21.8. The number of aromatic nitrogens is 2. The number of amides is 2. The summed E-state index contributed by atoms with van der Waals surface area (Å²) in [5.41, 5.74) is 4.98. The van der Waals surface area contributed by atoms with Gasteiger partial charge in [-0.3, -0.25) is 10.2 Å². The molecule has 0 spiro atoms. The Morgan fingerprint density at radius 1 is 1.07 bits per heavy atom. The molecule has 0 unspecified atom stereocenters. The second-order valence-electron chi connectivity index (χ2n) is 12.8. The highest BCUT2D eigenvalue weighted by Crippen LogP contribution is 2.42. The van der Waals surface area contributed by atoms with Crippen LogP contribution in [-0.2, 0) is 17.7 Å². The van der Waals surface area contributed by atoms with Crippen LogP contribution >= 0.6 is 0 Å². The first-order valence-electron chi connectivity index (χ1n) is 15.1. The number of aryl methyl sites for hydroxylation is 1. The second-order valence-corrected chi connectivity index (χ2v) is 12.8. The largest absolute Gasteiger partial charge is 0.474 e. The van der Waals surface area contributed by atoms with Gasteiger partial charge in [0.15, 0.2) is 5.82 Å². The molecule has 6 rings (SSSR count). The predicted molar refractivity (Wildman–Crippen MR) is 175 cm³/mol. The molecule has 0 radical (unpaired) electrons. The van der Waals surface area contributed by atoms with Gasteiger partial charge in [-0.25, -0.2) is 23.9 Å². The number of fused-ring (bicyclic) bond motifs is 3. The Morgan fingerprint density at radius 3 is 2.59 bits per heavy atom. The molecule has 0 fully saturated rings. The number of carbonyl (C=O) groups is 2. The SMILES string of the molecule is Cc1cc(Nc2cc3cc(-c4cnc5c(c4C)N(C(=O)O)CCO5)c(F)c(NC(=O)OC(C)(C)C)c3cn2)cc2c1CCN(C)C2. The summed E-state index contributed by atoms with van der Waals surface area (Å²) in [4.78, 5) is 37.3. The number of hydrogen-bond donors (Lipinski definition) is 3. The van der Waals surface area contributed by atoms with Crippen LogP contribution in [-0.4, -0.2) is 64.5 Å². The third kappa shape index (κ3) is 6.00. The fourth-order valence-electron chi connectivity index (χ4n) is 6.15. The standard InChI is InChI=1S/C34H37FN6O5/c1-18-11-22(12-21-17-40(6)8-7-23(18)21)38-27-14-20-13-24(25-15-37-31-30(19(25)2)41(33(43)44)9-10-45-31)28(35)29(26(20)16-36-27)39-32(42)46-34(3,4)5/h11-16H,7-10,17H2,1-6H3,(H,36,38)(H,39,42)(H,43,44). The summed E-state index contributed by atoms with van der Waals surface area (Å²) in [6, 6.07) is 7.66. The summed E-state index contributed by atoms with van der Waals surface area (Å²) in [5, 5.41) is 16.8. The van der Waals surface area contributed by atoms with Crippen molar-refractivity contribution in [2.45, 2.75) is 53.2 Å². The van der Waals surface area contributed by atoms with Gasteiger partial charge >= 0.3 is 12.2 Å². The number of hydrogen-bond acceptors (Lipinski definition) is 8. The fraction of sp³-hybridized carbons (Fsp3) is 0.353. The first kappa shape index (κ1) is 31.0. The molecule has 2 aliphatic heterocycles. The van der Waals surface area contributed by atoms with Gasteiger partial charge in [0.1, 0.15) is 23.7 Å². The highest BCUT2D eigenvalue weighted by molar-refractivity contribution is 6.04. The van der Waals surface area contributed by atoms with Crippen LogP contribution in [0, 0.1) is 19.7 Å². The number of carboxylic acid groups (broad SMARTS) is 1. The van der Waals surface area contributed by atoms with E-state index in [1.165, 1.54) is 29.1 Å². The third-order valence-electron chi connectivity index (χ3n) is 8.23. The molecule has 0 saturated heterocycles. The number of benzene rings is 2. The van der Waals surface area contributed by atoms with Crippen molar-refractivity contribution in [2.75, 3.05) is 42.3 Å². The summed E-state index contributed by atoms with van der Waals surface area (Å²) in [6.07, 6.45) is 1.97. The van der Waals surface area contributed by atoms with Gasteiger partial charge in [0.05, 0.1) is 12.2 Å². The lowest BCUT2D eigenvalue weighted by atomic mass is 9.94. The van der Waals surface area contributed by atoms with Crippen LogP contribution in [0.2, 0.25) is 0 Å². The fourth-order valence-corrected chi connectivity index (χ4v) is 6.15. The van der Waals surface area contributed by atoms with Crippen molar-refractivity contribution in [1.29, 1.82) is 0 Å². The average Bonchev–Trinajstić information content (AvgIpc) is 2.97. The van der Waals surface area contributed by atoms with Crippen molar-refractivity contribution >= 4 is 45.8 Å². The van der Waals surface area contributed by atoms with Crippen molar-refractivity contribution in [2.24, 2.45) is 0 Å². The number of carbonyl (C=O) groups excluding carboxylic acids is 1. The minimum Gasteiger partial charge on any atom is -0.474 e. The molecule has 2 aromatic heterocycles. The molecule has 3 N–H and O–H groups in total. The van der Waals surface area contributed by atoms with E-state index < -0.39 is 23.6 Å². The van der Waals surface area contributed by atoms with Crippen LogP contribution in [0.3, 0.4) is 0 Å². The van der Waals surface area contributed by atoms with Crippen LogP contribution in [0.1, 0.15) is 43.0 Å². The molecule has 2 aliphatic rings. The number of nitrogens with zero attached hydrogens (tertiary/aromatic N) is 4. The summed E-state index contributed by atoms with van der Waals surface area (Å²) in [6.45, 7) is 11.1. The normalized spacial score (nSPS) is 14.7. The Labute approximate surface area is 266 Å². The molecule has 240 valence electrons. The minimum absolute atomic E-state index is 0.110. The average molecular weight is 629 g/mol. The van der Waals surface area contributed by atoms with E-state index in [-0.39, 0.29) is 36.0 Å². The van der Waals surface area contributed by atoms with Crippen LogP contribution in [0.15, 0.2) is 36.7 Å². The van der Waals surface area contributed by atoms with Crippen LogP contribution in [0.4, 0.5) is 36.9 Å². The number of halogens is 1. The number of likely N-dealkylation sites (N-methyl/N-ethyl adjacent to an activating group) is 1. The lowest BCUT2D eigenvalue weighted by Crippen LogP contribution is -2.37. The Bertz CT molecular complexity index is 1890. The number of pyridine rings is 2. The van der Waals surface area contributed by atoms with Crippen molar-refractivity contribution in [3.05, 3.63) is 64.7 Å². The molecule has 12 heteroatoms. The van der Waals surface area contributed by atoms with E-state index in [4.69, 9.17) is 9.47 Å². The topological polar surface area (TPSA) is 129 Å². The third-order valence-corrected chi connectivity index (χ3v) is 8.23. The highest BCUT2D eigenvalue weighted by Gasteiger charge is 2.30. The van der Waals surface area contributed by atoms with Crippen molar-refractivity contribution in [1.82, 2.24) is 14.9 Å². The summed E-state index contributed by atoms with van der Waals surface area (Å²) in [5.74, 6) is -0.0493. The molecule has 4 heterocycles. The Kier molecular flexibility index (Phi) is 7.93. The van der Waals surface area contributed by atoms with E-state index in [9.17, 15) is 14.7 Å². The molecular weight excluding hydrogens is 591 g/mol. The lowest BCUT2D eigenvalue weighted by Gasteiger charge is -2.29. The maximum absolute atomic E-state index is 16.5. The smallest absolute Gasteiger partial charge is 0.412 e. The predicted octanol–water partition coefficient (Wildman–Crippen LogP) is 7.01. The molecule has 0 bridgehead atoms. The number of anilines is 4. The van der Waals surface area contributed by atoms with E-state index >= 15 is 4.39 Å². The summed E-state index contributed by atoms with van der Waals surface area (Å²) in [7, 11) is 2.11. The van der Waals surface area contributed by atoms with Crippen LogP contribution in [0.5, 0.6) is 5.88 Å². The van der Waals surface area contributed by atoms with E-state index in [1.807, 2.05) is 0 Å². The van der Waals surface area contributed by atoms with Gasteiger partial charge in [-0.1, -0.05) is 0 Å². The molecular formula is C34H37FN6O5. The van der Waals surface area contributed by atoms with Crippen LogP contribution < -0.4 is 20.3 Å². The highest BCUT2D eigenvalue weighted by atomic mass is 19.1. The molecule has 4 aromatic rings. The maximum Gasteiger partial charge on any atom is 0.412 e. The van der Waals surface area contributed by atoms with Gasteiger partial charge in [0.25, 0.3) is 0 Å². The number of nitrogens with one attached hydrogen (secondary N) is 2. The zero-order valence-corrected chi connectivity index (χ0v) is 26.7. The van der Waals surface area contributed by atoms with Crippen molar-refractivity contribution < 1.29 is 28.6 Å². The maximum atomic E-state index is 16.5. The quantitative estimate of drug-likeness (QED) is 0.219. The van der Waals surface area contributed by atoms with Gasteiger partial charge in [-0.2, -0.15) is 0 Å². The van der Waals surface area contributed by atoms with Gasteiger partial charge in [-0.05, 0) is 100.0 Å². The number of ether oxygens (including phenoxy) is 2. The summed E-state index contributed by atoms with van der Waals surface area (Å²) < 4.78 is 27.6. The monoisotopic (exact) mass is 628 g/mol. The first-order valence-corrected chi connectivity index (χ1v) is 15.1. The van der Waals surface area contributed by atoms with E-state index in [0.717, 1.165) is 30.1 Å². The van der Waals surface area contributed by atoms with Crippen LogP contribution in [0.25, 0.3) is 21.9 Å². The van der Waals surface area contributed by atoms with E-state index in [2.05, 4.69) is 51.6 Å². The molecule has 11 nitrogen and oxygen atoms in total. The molecule has 0 atom stereocenters. The van der Waals surface area contributed by atoms with Crippen molar-refractivity contribution in [3.63, 3.8) is 0 Å². The van der Waals surface area contributed by atoms with Gasteiger partial charge in [0, 0.05) is 47.7 Å². The molecule has 2 aromatic carbocycles. The van der Waals surface area contributed by atoms with E-state index in [1.54, 1.807) is 39.8 Å². The Hall–Kier alpha value is -4.97. The zero-order chi connectivity index (χ0) is 32.9. The zero-order valence-electron chi connectivity index (χ0n) is 26.7. The van der Waals surface area contributed by atoms with Crippen molar-refractivity contribution in [3.8, 4) is 17.0 Å². The Balaban J connectivity index is 1.47. The lowest BCUT2D eigenvalue weighted by molar-refractivity contribution is 0.0635. The summed E-state index contributed by atoms with van der Waals surface area (Å²) >= 11 is 0. The van der Waals surface area contributed by atoms with Gasteiger partial charge < -0.3 is 24.8 Å². The second kappa shape index (κ2) is 11.8.